The van der Waals surface area contributed by atoms with Gasteiger partial charge in [-0.05, 0) is 30.7 Å². The van der Waals surface area contributed by atoms with Gasteiger partial charge in [-0.25, -0.2) is 0 Å². The fraction of sp³-hybridized carbons (Fsp3) is 0.364. The summed E-state index contributed by atoms with van der Waals surface area (Å²) in [6.45, 7) is 1.38. The van der Waals surface area contributed by atoms with Crippen molar-refractivity contribution in [3.05, 3.63) is 28.8 Å². The Morgan fingerprint density at radius 1 is 1.50 bits per heavy atom. The van der Waals surface area contributed by atoms with Crippen molar-refractivity contribution in [1.29, 1.82) is 0 Å². The second kappa shape index (κ2) is 6.35. The number of phenolic OH excluding ortho intramolecular Hbond substituents is 1. The number of phenols is 1. The fourth-order valence-electron chi connectivity index (χ4n) is 1.28. The van der Waals surface area contributed by atoms with Crippen molar-refractivity contribution < 1.29 is 9.90 Å². The molecular weight excluding hydrogens is 228 g/mol. The molecule has 0 aliphatic rings. The number of benzene rings is 1. The van der Waals surface area contributed by atoms with Crippen LogP contribution in [0.25, 0.3) is 0 Å². The number of halogens is 1. The summed E-state index contributed by atoms with van der Waals surface area (Å²) < 4.78 is 0. The molecule has 1 aromatic rings. The maximum Gasteiger partial charge on any atom is 0.217 e. The van der Waals surface area contributed by atoms with Crippen LogP contribution in [-0.2, 0) is 11.3 Å². The van der Waals surface area contributed by atoms with Crippen LogP contribution in [0.5, 0.6) is 5.75 Å². The molecule has 16 heavy (non-hydrogen) atoms. The van der Waals surface area contributed by atoms with Crippen molar-refractivity contribution in [3.63, 3.8) is 0 Å². The van der Waals surface area contributed by atoms with E-state index in [4.69, 9.17) is 17.3 Å². The van der Waals surface area contributed by atoms with Gasteiger partial charge in [0, 0.05) is 13.0 Å². The largest absolute Gasteiger partial charge is 0.506 e. The molecular formula is C11H15ClN2O2. The Bertz CT molecular complexity index is 369. The van der Waals surface area contributed by atoms with Crippen molar-refractivity contribution in [1.82, 2.24) is 5.32 Å². The number of hydrogen-bond acceptors (Lipinski definition) is 3. The molecule has 0 heterocycles. The van der Waals surface area contributed by atoms with E-state index in [1.807, 2.05) is 0 Å². The highest BCUT2D eigenvalue weighted by atomic mass is 35.5. The number of amides is 1. The maximum absolute atomic E-state index is 10.5. The highest BCUT2D eigenvalue weighted by Crippen LogP contribution is 2.23. The second-order valence-electron chi connectivity index (χ2n) is 3.53. The number of carbonyl (C=O) groups excluding carboxylic acids is 1. The van der Waals surface area contributed by atoms with E-state index in [1.165, 1.54) is 0 Å². The van der Waals surface area contributed by atoms with Crippen molar-refractivity contribution in [2.24, 2.45) is 5.73 Å². The Kier molecular flexibility index (Phi) is 5.08. The number of primary amides is 1. The van der Waals surface area contributed by atoms with Crippen LogP contribution in [0, 0.1) is 0 Å². The number of rotatable bonds is 6. The summed E-state index contributed by atoms with van der Waals surface area (Å²) in [5.74, 6) is -0.200. The molecule has 5 heteroatoms. The van der Waals surface area contributed by atoms with Crippen LogP contribution in [0.15, 0.2) is 18.2 Å². The van der Waals surface area contributed by atoms with Gasteiger partial charge in [0.25, 0.3) is 0 Å². The zero-order chi connectivity index (χ0) is 12.0. The zero-order valence-electron chi connectivity index (χ0n) is 8.87. The van der Waals surface area contributed by atoms with Crippen molar-refractivity contribution in [2.45, 2.75) is 19.4 Å². The summed E-state index contributed by atoms with van der Waals surface area (Å²) >= 11 is 5.76. The first kappa shape index (κ1) is 12.8. The third-order valence-corrected chi connectivity index (χ3v) is 2.42. The Hall–Kier alpha value is -1.26. The highest BCUT2D eigenvalue weighted by Gasteiger charge is 1.99. The minimum absolute atomic E-state index is 0.0825. The molecule has 1 aromatic carbocycles. The molecule has 0 aliphatic heterocycles. The molecule has 4 N–H and O–H groups in total. The first-order chi connectivity index (χ1) is 7.59. The maximum atomic E-state index is 10.5. The van der Waals surface area contributed by atoms with Crippen LogP contribution in [-0.4, -0.2) is 17.6 Å². The lowest BCUT2D eigenvalue weighted by Crippen LogP contribution is -2.18. The fourth-order valence-corrected chi connectivity index (χ4v) is 1.48. The molecule has 1 amide bonds. The molecule has 0 saturated carbocycles. The third-order valence-electron chi connectivity index (χ3n) is 2.12. The van der Waals surface area contributed by atoms with Crippen LogP contribution < -0.4 is 11.1 Å². The van der Waals surface area contributed by atoms with E-state index >= 15 is 0 Å². The van der Waals surface area contributed by atoms with E-state index < -0.39 is 0 Å². The predicted molar refractivity (Wildman–Crippen MR) is 63.3 cm³/mol. The topological polar surface area (TPSA) is 75.4 Å². The second-order valence-corrected chi connectivity index (χ2v) is 3.94. The molecule has 0 spiro atoms. The van der Waals surface area contributed by atoms with Crippen LogP contribution in [0.1, 0.15) is 18.4 Å². The van der Waals surface area contributed by atoms with Gasteiger partial charge in [0.05, 0.1) is 5.02 Å². The molecule has 0 bridgehead atoms. The first-order valence-corrected chi connectivity index (χ1v) is 5.44. The van der Waals surface area contributed by atoms with Crippen molar-refractivity contribution in [3.8, 4) is 5.75 Å². The summed E-state index contributed by atoms with van der Waals surface area (Å²) in [4.78, 5) is 10.5. The summed E-state index contributed by atoms with van der Waals surface area (Å²) in [7, 11) is 0. The molecule has 4 nitrogen and oxygen atoms in total. The number of hydrogen-bond donors (Lipinski definition) is 3. The predicted octanol–water partition coefficient (Wildman–Crippen LogP) is 1.40. The lowest BCUT2D eigenvalue weighted by molar-refractivity contribution is -0.118. The third kappa shape index (κ3) is 4.51. The van der Waals surface area contributed by atoms with E-state index in [-0.39, 0.29) is 11.7 Å². The molecule has 88 valence electrons. The standard InChI is InChI=1S/C11H15ClN2O2/c12-9-6-8(3-4-10(9)15)7-14-5-1-2-11(13)16/h3-4,6,14-15H,1-2,5,7H2,(H2,13,16). The van der Waals surface area contributed by atoms with E-state index in [1.54, 1.807) is 18.2 Å². The number of aromatic hydroxyl groups is 1. The number of nitrogens with two attached hydrogens (primary N) is 1. The van der Waals surface area contributed by atoms with Gasteiger partial charge in [-0.2, -0.15) is 0 Å². The Balaban J connectivity index is 2.27. The van der Waals surface area contributed by atoms with E-state index in [2.05, 4.69) is 5.32 Å². The zero-order valence-corrected chi connectivity index (χ0v) is 9.63. The van der Waals surface area contributed by atoms with Gasteiger partial charge in [-0.1, -0.05) is 17.7 Å². The van der Waals surface area contributed by atoms with E-state index in [0.29, 0.717) is 18.0 Å². The van der Waals surface area contributed by atoms with Gasteiger partial charge in [0.2, 0.25) is 5.91 Å². The lowest BCUT2D eigenvalue weighted by Gasteiger charge is -2.05. The monoisotopic (exact) mass is 242 g/mol. The van der Waals surface area contributed by atoms with Crippen molar-refractivity contribution in [2.75, 3.05) is 6.54 Å². The van der Waals surface area contributed by atoms with Crippen LogP contribution in [0.3, 0.4) is 0 Å². The summed E-state index contributed by atoms with van der Waals surface area (Å²) in [6.07, 6.45) is 1.12. The van der Waals surface area contributed by atoms with Gasteiger partial charge in [-0.3, -0.25) is 4.79 Å². The molecule has 0 aliphatic carbocycles. The number of nitrogens with one attached hydrogen (secondary N) is 1. The average Bonchev–Trinajstić information content (AvgIpc) is 2.22. The molecule has 0 fully saturated rings. The Morgan fingerprint density at radius 3 is 2.88 bits per heavy atom. The SMILES string of the molecule is NC(=O)CCCNCc1ccc(O)c(Cl)c1. The Labute approximate surface area is 99.4 Å². The minimum Gasteiger partial charge on any atom is -0.506 e. The van der Waals surface area contributed by atoms with Crippen LogP contribution >= 0.6 is 11.6 Å². The van der Waals surface area contributed by atoms with Crippen LogP contribution in [0.2, 0.25) is 5.02 Å². The first-order valence-electron chi connectivity index (χ1n) is 5.06. The summed E-state index contributed by atoms with van der Waals surface area (Å²) in [6, 6.07) is 5.06. The molecule has 0 radical (unpaired) electrons. The molecule has 0 atom stereocenters. The van der Waals surface area contributed by atoms with Gasteiger partial charge in [0.15, 0.2) is 0 Å². The molecule has 0 saturated heterocycles. The highest BCUT2D eigenvalue weighted by molar-refractivity contribution is 6.32. The van der Waals surface area contributed by atoms with E-state index in [9.17, 15) is 9.90 Å². The normalized spacial score (nSPS) is 10.3. The van der Waals surface area contributed by atoms with Crippen molar-refractivity contribution >= 4 is 17.5 Å². The quantitative estimate of drug-likeness (QED) is 0.660. The smallest absolute Gasteiger partial charge is 0.217 e. The van der Waals surface area contributed by atoms with Gasteiger partial charge in [0.1, 0.15) is 5.75 Å². The van der Waals surface area contributed by atoms with Gasteiger partial charge < -0.3 is 16.2 Å². The summed E-state index contributed by atoms with van der Waals surface area (Å²) in [5, 5.41) is 12.7. The van der Waals surface area contributed by atoms with Crippen LogP contribution in [0.4, 0.5) is 0 Å². The lowest BCUT2D eigenvalue weighted by atomic mass is 10.2. The minimum atomic E-state index is -0.283. The van der Waals surface area contributed by atoms with Gasteiger partial charge >= 0.3 is 0 Å². The summed E-state index contributed by atoms with van der Waals surface area (Å²) in [5.41, 5.74) is 6.00. The Morgan fingerprint density at radius 2 is 2.25 bits per heavy atom. The molecule has 0 unspecified atom stereocenters. The molecule has 1 rings (SSSR count). The molecule has 0 aromatic heterocycles. The number of carbonyl (C=O) groups is 1. The van der Waals surface area contributed by atoms with E-state index in [0.717, 1.165) is 18.5 Å². The van der Waals surface area contributed by atoms with Gasteiger partial charge in [-0.15, -0.1) is 0 Å². The average molecular weight is 243 g/mol.